The molecular weight excluding hydrogens is 309 g/mol. The summed E-state index contributed by atoms with van der Waals surface area (Å²) >= 11 is 3.51. The van der Waals surface area contributed by atoms with E-state index in [0.29, 0.717) is 0 Å². The average Bonchev–Trinajstić information content (AvgIpc) is 2.57. The first-order chi connectivity index (χ1) is 8.91. The Labute approximate surface area is 120 Å². The average molecular weight is 326 g/mol. The predicted octanol–water partition coefficient (Wildman–Crippen LogP) is 3.34. The number of benzene rings is 1. The highest BCUT2D eigenvalue weighted by molar-refractivity contribution is 9.10. The van der Waals surface area contributed by atoms with E-state index in [2.05, 4.69) is 21.0 Å². The van der Waals surface area contributed by atoms with Gasteiger partial charge in [-0.1, -0.05) is 12.1 Å². The quantitative estimate of drug-likeness (QED) is 0.940. The minimum atomic E-state index is -0.260. The topological polar surface area (TPSA) is 43.8 Å². The van der Waals surface area contributed by atoms with Gasteiger partial charge in [-0.2, -0.15) is 5.10 Å². The van der Waals surface area contributed by atoms with Crippen LogP contribution in [0.3, 0.4) is 0 Å². The third kappa shape index (κ3) is 2.72. The number of halogens is 2. The van der Waals surface area contributed by atoms with Gasteiger partial charge in [0, 0.05) is 6.04 Å². The molecule has 0 saturated heterocycles. The zero-order chi connectivity index (χ0) is 14.2. The van der Waals surface area contributed by atoms with Gasteiger partial charge in [0.2, 0.25) is 0 Å². The van der Waals surface area contributed by atoms with Crippen LogP contribution in [0.5, 0.6) is 0 Å². The molecule has 1 aromatic heterocycles. The second-order valence-electron chi connectivity index (χ2n) is 4.79. The van der Waals surface area contributed by atoms with E-state index in [0.717, 1.165) is 21.4 Å². The van der Waals surface area contributed by atoms with Crippen molar-refractivity contribution in [2.24, 2.45) is 5.73 Å². The largest absolute Gasteiger partial charge is 0.326 e. The molecule has 102 valence electrons. The van der Waals surface area contributed by atoms with E-state index in [1.165, 1.54) is 12.1 Å². The summed E-state index contributed by atoms with van der Waals surface area (Å²) in [6.45, 7) is 5.80. The van der Waals surface area contributed by atoms with E-state index >= 15 is 0 Å². The molecule has 0 saturated carbocycles. The van der Waals surface area contributed by atoms with Crippen LogP contribution in [0, 0.1) is 19.7 Å². The van der Waals surface area contributed by atoms with Crippen molar-refractivity contribution in [1.29, 1.82) is 0 Å². The molecule has 2 unspecified atom stereocenters. The first kappa shape index (κ1) is 14.2. The molecule has 3 nitrogen and oxygen atoms in total. The molecule has 0 aliphatic rings. The van der Waals surface area contributed by atoms with Crippen molar-refractivity contribution < 1.29 is 4.39 Å². The van der Waals surface area contributed by atoms with E-state index in [9.17, 15) is 4.39 Å². The fourth-order valence-electron chi connectivity index (χ4n) is 2.27. The standard InChI is InChI=1S/C14H17BrFN3/c1-8(17)14(11-5-4-6-12(16)7-11)19-10(3)13(15)9(2)18-19/h4-8,14H,17H2,1-3H3. The molecule has 0 aliphatic heterocycles. The number of rotatable bonds is 3. The molecule has 0 radical (unpaired) electrons. The first-order valence-corrected chi connectivity index (χ1v) is 6.93. The summed E-state index contributed by atoms with van der Waals surface area (Å²) in [5.41, 5.74) is 8.80. The lowest BCUT2D eigenvalue weighted by Crippen LogP contribution is -2.31. The molecule has 19 heavy (non-hydrogen) atoms. The van der Waals surface area contributed by atoms with Gasteiger partial charge in [0.1, 0.15) is 5.82 Å². The molecule has 0 bridgehead atoms. The number of hydrogen-bond donors (Lipinski definition) is 1. The van der Waals surface area contributed by atoms with E-state index < -0.39 is 0 Å². The van der Waals surface area contributed by atoms with E-state index in [1.54, 1.807) is 6.07 Å². The van der Waals surface area contributed by atoms with Crippen LogP contribution >= 0.6 is 15.9 Å². The Morgan fingerprint density at radius 3 is 2.53 bits per heavy atom. The summed E-state index contributed by atoms with van der Waals surface area (Å²) in [4.78, 5) is 0. The highest BCUT2D eigenvalue weighted by atomic mass is 79.9. The van der Waals surface area contributed by atoms with E-state index in [-0.39, 0.29) is 17.9 Å². The third-order valence-electron chi connectivity index (χ3n) is 3.19. The van der Waals surface area contributed by atoms with Crippen molar-refractivity contribution in [3.05, 3.63) is 51.5 Å². The normalized spacial score (nSPS) is 14.4. The van der Waals surface area contributed by atoms with Crippen LogP contribution < -0.4 is 5.73 Å². The zero-order valence-corrected chi connectivity index (χ0v) is 12.8. The maximum absolute atomic E-state index is 13.4. The number of hydrogen-bond acceptors (Lipinski definition) is 2. The van der Waals surface area contributed by atoms with Crippen LogP contribution in [0.4, 0.5) is 4.39 Å². The second kappa shape index (κ2) is 5.43. The molecule has 0 spiro atoms. The van der Waals surface area contributed by atoms with Crippen LogP contribution in [-0.4, -0.2) is 15.8 Å². The van der Waals surface area contributed by atoms with Crippen LogP contribution in [0.15, 0.2) is 28.7 Å². The molecule has 1 heterocycles. The Bertz CT molecular complexity index is 592. The summed E-state index contributed by atoms with van der Waals surface area (Å²) in [6, 6.07) is 6.16. The molecule has 2 rings (SSSR count). The van der Waals surface area contributed by atoms with Crippen molar-refractivity contribution in [3.8, 4) is 0 Å². The zero-order valence-electron chi connectivity index (χ0n) is 11.2. The highest BCUT2D eigenvalue weighted by Crippen LogP contribution is 2.28. The molecule has 2 N–H and O–H groups in total. The molecule has 0 amide bonds. The van der Waals surface area contributed by atoms with Crippen molar-refractivity contribution in [1.82, 2.24) is 9.78 Å². The van der Waals surface area contributed by atoms with Crippen molar-refractivity contribution in [3.63, 3.8) is 0 Å². The molecule has 0 fully saturated rings. The number of nitrogens with two attached hydrogens (primary N) is 1. The predicted molar refractivity (Wildman–Crippen MR) is 77.6 cm³/mol. The van der Waals surface area contributed by atoms with Gasteiger partial charge in [0.05, 0.1) is 21.9 Å². The lowest BCUT2D eigenvalue weighted by molar-refractivity contribution is 0.441. The van der Waals surface area contributed by atoms with Gasteiger partial charge < -0.3 is 5.73 Å². The monoisotopic (exact) mass is 325 g/mol. The smallest absolute Gasteiger partial charge is 0.123 e. The van der Waals surface area contributed by atoms with Gasteiger partial charge in [0.15, 0.2) is 0 Å². The molecule has 2 atom stereocenters. The summed E-state index contributed by atoms with van der Waals surface area (Å²) < 4.78 is 16.2. The van der Waals surface area contributed by atoms with E-state index in [4.69, 9.17) is 5.73 Å². The molecule has 0 aliphatic carbocycles. The van der Waals surface area contributed by atoms with Gasteiger partial charge >= 0.3 is 0 Å². The van der Waals surface area contributed by atoms with Crippen molar-refractivity contribution >= 4 is 15.9 Å². The van der Waals surface area contributed by atoms with Crippen LogP contribution in [-0.2, 0) is 0 Å². The maximum atomic E-state index is 13.4. The Balaban J connectivity index is 2.55. The first-order valence-electron chi connectivity index (χ1n) is 6.14. The van der Waals surface area contributed by atoms with Gasteiger partial charge in [0.25, 0.3) is 0 Å². The highest BCUT2D eigenvalue weighted by Gasteiger charge is 2.23. The summed E-state index contributed by atoms with van der Waals surface area (Å²) in [6.07, 6.45) is 0. The number of nitrogens with zero attached hydrogens (tertiary/aromatic N) is 2. The molecular formula is C14H17BrFN3. The number of aryl methyl sites for hydroxylation is 1. The Morgan fingerprint density at radius 1 is 1.37 bits per heavy atom. The van der Waals surface area contributed by atoms with Gasteiger partial charge in [-0.25, -0.2) is 4.39 Å². The van der Waals surface area contributed by atoms with Crippen molar-refractivity contribution in [2.75, 3.05) is 0 Å². The fraction of sp³-hybridized carbons (Fsp3) is 0.357. The third-order valence-corrected chi connectivity index (χ3v) is 4.34. The fourth-order valence-corrected chi connectivity index (χ4v) is 2.53. The summed E-state index contributed by atoms with van der Waals surface area (Å²) in [5.74, 6) is -0.260. The summed E-state index contributed by atoms with van der Waals surface area (Å²) in [7, 11) is 0. The molecule has 2 aromatic rings. The Kier molecular flexibility index (Phi) is 4.06. The van der Waals surface area contributed by atoms with Gasteiger partial charge in [-0.3, -0.25) is 4.68 Å². The van der Waals surface area contributed by atoms with Gasteiger partial charge in [-0.15, -0.1) is 0 Å². The van der Waals surface area contributed by atoms with E-state index in [1.807, 2.05) is 31.5 Å². The lowest BCUT2D eigenvalue weighted by Gasteiger charge is -2.23. The Hall–Kier alpha value is -1.20. The van der Waals surface area contributed by atoms with Crippen LogP contribution in [0.1, 0.15) is 29.9 Å². The van der Waals surface area contributed by atoms with Crippen molar-refractivity contribution in [2.45, 2.75) is 32.9 Å². The lowest BCUT2D eigenvalue weighted by atomic mass is 10.0. The minimum Gasteiger partial charge on any atom is -0.326 e. The molecule has 5 heteroatoms. The SMILES string of the molecule is Cc1nn(C(c2cccc(F)c2)C(C)N)c(C)c1Br. The minimum absolute atomic E-state index is 0.174. The molecule has 1 aromatic carbocycles. The maximum Gasteiger partial charge on any atom is 0.123 e. The van der Waals surface area contributed by atoms with Gasteiger partial charge in [-0.05, 0) is 54.4 Å². The van der Waals surface area contributed by atoms with Crippen LogP contribution in [0.2, 0.25) is 0 Å². The Morgan fingerprint density at radius 2 is 2.05 bits per heavy atom. The van der Waals surface area contributed by atoms with Crippen LogP contribution in [0.25, 0.3) is 0 Å². The number of aromatic nitrogens is 2. The second-order valence-corrected chi connectivity index (χ2v) is 5.58. The summed E-state index contributed by atoms with van der Waals surface area (Å²) in [5, 5.41) is 4.50.